The molecule has 2 unspecified atom stereocenters. The van der Waals surface area contributed by atoms with E-state index in [1.54, 1.807) is 0 Å². The first kappa shape index (κ1) is 19.7. The maximum absolute atomic E-state index is 13.5. The Morgan fingerprint density at radius 3 is 2.59 bits per heavy atom. The molecule has 1 aliphatic heterocycles. The van der Waals surface area contributed by atoms with E-state index >= 15 is 0 Å². The maximum Gasteiger partial charge on any atom is 0.159 e. The number of aliphatic hydroxyl groups excluding tert-OH is 1. The van der Waals surface area contributed by atoms with Gasteiger partial charge in [0.15, 0.2) is 11.6 Å². The molecule has 27 heavy (non-hydrogen) atoms. The van der Waals surface area contributed by atoms with Crippen molar-refractivity contribution in [3.05, 3.63) is 64.7 Å². The smallest absolute Gasteiger partial charge is 0.159 e. The van der Waals surface area contributed by atoms with Crippen LogP contribution in [0.1, 0.15) is 22.8 Å². The van der Waals surface area contributed by atoms with Gasteiger partial charge in [-0.25, -0.2) is 8.78 Å². The van der Waals surface area contributed by atoms with Gasteiger partial charge >= 0.3 is 0 Å². The van der Waals surface area contributed by atoms with Crippen LogP contribution in [0.2, 0.25) is 0 Å². The number of ether oxygens (including phenoxy) is 2. The van der Waals surface area contributed by atoms with Crippen LogP contribution in [0.25, 0.3) is 0 Å². The molecule has 1 heterocycles. The van der Waals surface area contributed by atoms with Crippen molar-refractivity contribution in [2.45, 2.75) is 26.1 Å². The van der Waals surface area contributed by atoms with Gasteiger partial charge in [-0.1, -0.05) is 12.1 Å². The molecule has 2 aromatic carbocycles. The lowest BCUT2D eigenvalue weighted by molar-refractivity contribution is -0.0460. The summed E-state index contributed by atoms with van der Waals surface area (Å²) in [6, 6.07) is 9.76. The second kappa shape index (κ2) is 8.78. The van der Waals surface area contributed by atoms with Crippen molar-refractivity contribution in [2.24, 2.45) is 0 Å². The lowest BCUT2D eigenvalue weighted by Gasteiger charge is -2.34. The molecule has 2 aromatic rings. The number of halogens is 2. The van der Waals surface area contributed by atoms with E-state index < -0.39 is 17.7 Å². The molecule has 0 spiro atoms. The van der Waals surface area contributed by atoms with Crippen LogP contribution in [0.3, 0.4) is 0 Å². The molecule has 6 heteroatoms. The van der Waals surface area contributed by atoms with Gasteiger partial charge in [0.1, 0.15) is 18.5 Å². The predicted octanol–water partition coefficient (Wildman–Crippen LogP) is 3.39. The number of hydrogen-bond acceptors (Lipinski definition) is 4. The van der Waals surface area contributed by atoms with E-state index in [4.69, 9.17) is 9.47 Å². The van der Waals surface area contributed by atoms with Gasteiger partial charge in [-0.15, -0.1) is 0 Å². The third-order valence-corrected chi connectivity index (χ3v) is 4.57. The molecule has 2 atom stereocenters. The van der Waals surface area contributed by atoms with Gasteiger partial charge in [0.05, 0.1) is 12.7 Å². The normalized spacial score (nSPS) is 19.1. The highest BCUT2D eigenvalue weighted by Gasteiger charge is 2.24. The van der Waals surface area contributed by atoms with E-state index in [0.29, 0.717) is 31.8 Å². The Labute approximate surface area is 158 Å². The molecule has 1 N–H and O–H groups in total. The van der Waals surface area contributed by atoms with Gasteiger partial charge < -0.3 is 14.6 Å². The van der Waals surface area contributed by atoms with Gasteiger partial charge in [-0.05, 0) is 54.8 Å². The minimum Gasteiger partial charge on any atom is -0.491 e. The van der Waals surface area contributed by atoms with Crippen molar-refractivity contribution in [3.63, 3.8) is 0 Å². The number of aliphatic hydroxyl groups is 1. The van der Waals surface area contributed by atoms with E-state index in [-0.39, 0.29) is 12.7 Å². The molecule has 4 nitrogen and oxygen atoms in total. The van der Waals surface area contributed by atoms with Gasteiger partial charge in [0, 0.05) is 19.6 Å². The molecule has 0 radical (unpaired) electrons. The molecule has 0 saturated carbocycles. The molecule has 3 rings (SSSR count). The summed E-state index contributed by atoms with van der Waals surface area (Å²) in [7, 11) is 0. The zero-order valence-corrected chi connectivity index (χ0v) is 15.6. The van der Waals surface area contributed by atoms with E-state index in [1.165, 1.54) is 12.1 Å². The van der Waals surface area contributed by atoms with Crippen molar-refractivity contribution >= 4 is 0 Å². The third-order valence-electron chi connectivity index (χ3n) is 4.57. The van der Waals surface area contributed by atoms with Crippen LogP contribution < -0.4 is 4.74 Å². The van der Waals surface area contributed by atoms with Crippen LogP contribution in [0.5, 0.6) is 5.75 Å². The quantitative estimate of drug-likeness (QED) is 0.838. The average molecular weight is 377 g/mol. The Morgan fingerprint density at radius 2 is 1.89 bits per heavy atom. The zero-order valence-electron chi connectivity index (χ0n) is 15.6. The molecule has 1 aliphatic rings. The lowest BCUT2D eigenvalue weighted by atomic mass is 10.1. The summed E-state index contributed by atoms with van der Waals surface area (Å²) in [5.74, 6) is -1.01. The molecule has 1 saturated heterocycles. The van der Waals surface area contributed by atoms with Crippen molar-refractivity contribution in [1.29, 1.82) is 0 Å². The van der Waals surface area contributed by atoms with E-state index in [0.717, 1.165) is 22.9 Å². The van der Waals surface area contributed by atoms with Gasteiger partial charge in [-0.2, -0.15) is 0 Å². The van der Waals surface area contributed by atoms with E-state index in [1.807, 2.05) is 30.9 Å². The molecular weight excluding hydrogens is 352 g/mol. The fourth-order valence-corrected chi connectivity index (χ4v) is 3.34. The van der Waals surface area contributed by atoms with Crippen LogP contribution in [-0.4, -0.2) is 49.0 Å². The monoisotopic (exact) mass is 377 g/mol. The second-order valence-electron chi connectivity index (χ2n) is 7.08. The third kappa shape index (κ3) is 5.48. The molecule has 0 amide bonds. The Hall–Kier alpha value is -2.02. The molecule has 1 fully saturated rings. The molecule has 0 aromatic heterocycles. The van der Waals surface area contributed by atoms with Crippen molar-refractivity contribution in [3.8, 4) is 5.75 Å². The predicted molar refractivity (Wildman–Crippen MR) is 98.9 cm³/mol. The minimum atomic E-state index is -0.880. The van der Waals surface area contributed by atoms with Crippen molar-refractivity contribution in [1.82, 2.24) is 4.90 Å². The first-order valence-electron chi connectivity index (χ1n) is 9.09. The number of benzene rings is 2. The average Bonchev–Trinajstić information content (AvgIpc) is 2.62. The second-order valence-corrected chi connectivity index (χ2v) is 7.08. The SMILES string of the molecule is Cc1cc(C)cc(OCC(O)CN2CCOC(c3ccc(F)c(F)c3)C2)c1. The van der Waals surface area contributed by atoms with Crippen molar-refractivity contribution in [2.75, 3.05) is 32.8 Å². The number of aryl methyl sites for hydroxylation is 2. The Bertz CT molecular complexity index is 764. The Balaban J connectivity index is 1.52. The number of hydrogen-bond donors (Lipinski definition) is 1. The summed E-state index contributed by atoms with van der Waals surface area (Å²) in [5.41, 5.74) is 2.82. The van der Waals surface area contributed by atoms with E-state index in [2.05, 4.69) is 6.07 Å². The highest BCUT2D eigenvalue weighted by molar-refractivity contribution is 5.33. The number of morpholine rings is 1. The van der Waals surface area contributed by atoms with Gasteiger partial charge in [0.2, 0.25) is 0 Å². The van der Waals surface area contributed by atoms with Crippen LogP contribution in [-0.2, 0) is 4.74 Å². The summed E-state index contributed by atoms with van der Waals surface area (Å²) in [4.78, 5) is 2.05. The summed E-state index contributed by atoms with van der Waals surface area (Å²) in [5, 5.41) is 10.3. The topological polar surface area (TPSA) is 41.9 Å². The largest absolute Gasteiger partial charge is 0.491 e. The van der Waals surface area contributed by atoms with E-state index in [9.17, 15) is 13.9 Å². The number of rotatable bonds is 6. The minimum absolute atomic E-state index is 0.191. The first-order chi connectivity index (χ1) is 12.9. The van der Waals surface area contributed by atoms with Crippen LogP contribution in [0.15, 0.2) is 36.4 Å². The van der Waals surface area contributed by atoms with Gasteiger partial charge in [-0.3, -0.25) is 4.90 Å². The summed E-state index contributed by atoms with van der Waals surface area (Å²) < 4.78 is 38.0. The number of nitrogens with zero attached hydrogens (tertiary/aromatic N) is 1. The first-order valence-corrected chi connectivity index (χ1v) is 9.09. The Kier molecular flexibility index (Phi) is 6.42. The number of β-amino-alcohol motifs (C(OH)–C–C–N with tert-alkyl or cyclic N) is 1. The Morgan fingerprint density at radius 1 is 1.15 bits per heavy atom. The molecule has 0 aliphatic carbocycles. The summed E-state index contributed by atoms with van der Waals surface area (Å²) >= 11 is 0. The summed E-state index contributed by atoms with van der Waals surface area (Å²) in [6.07, 6.45) is -1.00. The molecule has 0 bridgehead atoms. The fraction of sp³-hybridized carbons (Fsp3) is 0.429. The van der Waals surface area contributed by atoms with Gasteiger partial charge in [0.25, 0.3) is 0 Å². The maximum atomic E-state index is 13.5. The fourth-order valence-electron chi connectivity index (χ4n) is 3.34. The highest BCUT2D eigenvalue weighted by atomic mass is 19.2. The van der Waals surface area contributed by atoms with Crippen molar-refractivity contribution < 1.29 is 23.4 Å². The standard InChI is InChI=1S/C21H25F2NO3/c1-14-7-15(2)9-18(8-14)27-13-17(25)11-24-5-6-26-21(12-24)16-3-4-19(22)20(23)10-16/h3-4,7-10,17,21,25H,5-6,11-13H2,1-2H3. The van der Waals surface area contributed by atoms with Crippen LogP contribution in [0, 0.1) is 25.5 Å². The highest BCUT2D eigenvalue weighted by Crippen LogP contribution is 2.24. The zero-order chi connectivity index (χ0) is 19.4. The summed E-state index contributed by atoms with van der Waals surface area (Å²) in [6.45, 7) is 6.26. The lowest BCUT2D eigenvalue weighted by Crippen LogP contribution is -2.43. The van der Waals surface area contributed by atoms with Crippen LogP contribution in [0.4, 0.5) is 8.78 Å². The molecule has 146 valence electrons. The van der Waals surface area contributed by atoms with Crippen LogP contribution >= 0.6 is 0 Å². The molecular formula is C21H25F2NO3.